The van der Waals surface area contributed by atoms with Crippen LogP contribution in [0.5, 0.6) is 0 Å². The highest BCUT2D eigenvalue weighted by Gasteiger charge is 2.17. The molecule has 0 aromatic heterocycles. The third-order valence-corrected chi connectivity index (χ3v) is 1.80. The van der Waals surface area contributed by atoms with Gasteiger partial charge in [-0.15, -0.1) is 0 Å². The van der Waals surface area contributed by atoms with E-state index in [0.717, 1.165) is 0 Å². The number of nitro groups is 1. The Hall–Kier alpha value is -1.00. The minimum absolute atomic E-state index is 0.0509. The molecule has 4 nitrogen and oxygen atoms in total. The van der Waals surface area contributed by atoms with Gasteiger partial charge >= 0.3 is 5.69 Å². The lowest BCUT2D eigenvalue weighted by Crippen LogP contribution is -1.92. The molecule has 0 heterocycles. The molecule has 0 radical (unpaired) electrons. The number of nitrogen functional groups attached to an aromatic ring is 1. The first-order valence-electron chi connectivity index (χ1n) is 2.91. The molecule has 0 saturated heterocycles. The van der Waals surface area contributed by atoms with E-state index in [4.69, 9.17) is 28.9 Å². The lowest BCUT2D eigenvalue weighted by Gasteiger charge is -1.98. The Balaban J connectivity index is 3.38. The van der Waals surface area contributed by atoms with Crippen LogP contribution in [-0.4, -0.2) is 4.92 Å². The van der Waals surface area contributed by atoms with Crippen molar-refractivity contribution in [3.63, 3.8) is 0 Å². The van der Waals surface area contributed by atoms with Gasteiger partial charge in [-0.05, 0) is 12.1 Å². The minimum Gasteiger partial charge on any atom is -0.399 e. The fourth-order valence-electron chi connectivity index (χ4n) is 0.760. The van der Waals surface area contributed by atoms with Crippen LogP contribution in [0.15, 0.2) is 12.1 Å². The topological polar surface area (TPSA) is 69.2 Å². The number of halogens is 2. The molecule has 1 aromatic carbocycles. The zero-order valence-electron chi connectivity index (χ0n) is 5.75. The standard InChI is InChI=1S/C6H4Cl2N2O2/c7-4-1-3(9)2-5(8)6(4)10(11)12/h1-2H,9H2. The van der Waals surface area contributed by atoms with Crippen molar-refractivity contribution in [3.8, 4) is 0 Å². The van der Waals surface area contributed by atoms with Gasteiger partial charge in [0.2, 0.25) is 0 Å². The number of rotatable bonds is 1. The van der Waals surface area contributed by atoms with E-state index in [1.165, 1.54) is 12.1 Å². The van der Waals surface area contributed by atoms with E-state index in [2.05, 4.69) is 0 Å². The lowest BCUT2D eigenvalue weighted by molar-refractivity contribution is -0.384. The fraction of sp³-hybridized carbons (Fsp3) is 0. The number of hydrogen-bond acceptors (Lipinski definition) is 3. The molecule has 0 aliphatic rings. The van der Waals surface area contributed by atoms with Gasteiger partial charge in [0, 0.05) is 5.69 Å². The summed E-state index contributed by atoms with van der Waals surface area (Å²) in [6.07, 6.45) is 0. The van der Waals surface area contributed by atoms with E-state index in [9.17, 15) is 10.1 Å². The van der Waals surface area contributed by atoms with Gasteiger partial charge in [0.1, 0.15) is 10.0 Å². The SMILES string of the molecule is Nc1cc(Cl)c([N+](=O)[O-])c(Cl)c1. The number of nitro benzene ring substituents is 1. The highest BCUT2D eigenvalue weighted by atomic mass is 35.5. The van der Waals surface area contributed by atoms with Crippen molar-refractivity contribution >= 4 is 34.6 Å². The summed E-state index contributed by atoms with van der Waals surface area (Å²) in [5.41, 5.74) is 5.33. The van der Waals surface area contributed by atoms with Crippen molar-refractivity contribution in [2.45, 2.75) is 0 Å². The Morgan fingerprint density at radius 2 is 1.75 bits per heavy atom. The Labute approximate surface area is 78.0 Å². The van der Waals surface area contributed by atoms with Crippen molar-refractivity contribution in [3.05, 3.63) is 32.3 Å². The summed E-state index contributed by atoms with van der Waals surface area (Å²) in [5, 5.41) is 10.2. The van der Waals surface area contributed by atoms with Crippen LogP contribution in [0, 0.1) is 10.1 Å². The average Bonchev–Trinajstić information content (AvgIpc) is 1.82. The van der Waals surface area contributed by atoms with Crippen LogP contribution >= 0.6 is 23.2 Å². The molecule has 12 heavy (non-hydrogen) atoms. The van der Waals surface area contributed by atoms with Gasteiger partial charge in [0.05, 0.1) is 4.92 Å². The summed E-state index contributed by atoms with van der Waals surface area (Å²) in [6, 6.07) is 2.57. The van der Waals surface area contributed by atoms with E-state index in [0.29, 0.717) is 5.69 Å². The quantitative estimate of drug-likeness (QED) is 0.436. The molecule has 0 aliphatic carbocycles. The molecular weight excluding hydrogens is 203 g/mol. The molecular formula is C6H4Cl2N2O2. The van der Waals surface area contributed by atoms with Gasteiger partial charge in [-0.25, -0.2) is 0 Å². The Morgan fingerprint density at radius 1 is 1.33 bits per heavy atom. The summed E-state index contributed by atoms with van der Waals surface area (Å²) in [4.78, 5) is 9.70. The Morgan fingerprint density at radius 3 is 2.08 bits per heavy atom. The fourth-order valence-corrected chi connectivity index (χ4v) is 1.40. The van der Waals surface area contributed by atoms with Crippen LogP contribution in [0.2, 0.25) is 10.0 Å². The number of hydrogen-bond donors (Lipinski definition) is 1. The number of anilines is 1. The molecule has 6 heteroatoms. The zero-order valence-corrected chi connectivity index (χ0v) is 7.26. The van der Waals surface area contributed by atoms with Crippen LogP contribution in [0.1, 0.15) is 0 Å². The maximum Gasteiger partial charge on any atom is 0.306 e. The van der Waals surface area contributed by atoms with Crippen molar-refractivity contribution in [1.82, 2.24) is 0 Å². The predicted octanol–water partition coefficient (Wildman–Crippen LogP) is 2.48. The van der Waals surface area contributed by atoms with Crippen LogP contribution < -0.4 is 5.73 Å². The highest BCUT2D eigenvalue weighted by molar-refractivity contribution is 6.38. The molecule has 0 unspecified atom stereocenters. The molecule has 0 spiro atoms. The number of nitrogens with two attached hydrogens (primary N) is 1. The summed E-state index contributed by atoms with van der Waals surface area (Å²) < 4.78 is 0. The Kier molecular flexibility index (Phi) is 2.40. The van der Waals surface area contributed by atoms with Gasteiger partial charge in [-0.1, -0.05) is 23.2 Å². The second kappa shape index (κ2) is 3.16. The first-order valence-corrected chi connectivity index (χ1v) is 3.67. The molecule has 0 saturated carbocycles. The average molecular weight is 207 g/mol. The first kappa shape index (κ1) is 9.09. The summed E-state index contributed by atoms with van der Waals surface area (Å²) in [6.45, 7) is 0. The zero-order chi connectivity index (χ0) is 9.30. The molecule has 0 bridgehead atoms. The molecule has 1 rings (SSSR count). The second-order valence-electron chi connectivity index (χ2n) is 2.09. The third kappa shape index (κ3) is 1.60. The van der Waals surface area contributed by atoms with E-state index in [1.807, 2.05) is 0 Å². The van der Waals surface area contributed by atoms with Crippen LogP contribution in [-0.2, 0) is 0 Å². The van der Waals surface area contributed by atoms with Crippen LogP contribution in [0.3, 0.4) is 0 Å². The van der Waals surface area contributed by atoms with Crippen LogP contribution in [0.25, 0.3) is 0 Å². The molecule has 2 N–H and O–H groups in total. The third-order valence-electron chi connectivity index (χ3n) is 1.22. The molecule has 0 amide bonds. The normalized spacial score (nSPS) is 9.83. The van der Waals surface area contributed by atoms with Gasteiger partial charge in [-0.2, -0.15) is 0 Å². The summed E-state index contributed by atoms with van der Waals surface area (Å²) in [5.74, 6) is 0. The maximum absolute atomic E-state index is 10.3. The Bertz CT molecular complexity index is 317. The van der Waals surface area contributed by atoms with E-state index >= 15 is 0 Å². The smallest absolute Gasteiger partial charge is 0.306 e. The second-order valence-corrected chi connectivity index (χ2v) is 2.90. The van der Waals surface area contributed by atoms with E-state index < -0.39 is 4.92 Å². The van der Waals surface area contributed by atoms with Crippen molar-refractivity contribution in [2.24, 2.45) is 0 Å². The van der Waals surface area contributed by atoms with Gasteiger partial charge < -0.3 is 5.73 Å². The van der Waals surface area contributed by atoms with E-state index in [1.54, 1.807) is 0 Å². The van der Waals surface area contributed by atoms with Gasteiger partial charge in [-0.3, -0.25) is 10.1 Å². The van der Waals surface area contributed by atoms with Crippen molar-refractivity contribution < 1.29 is 4.92 Å². The van der Waals surface area contributed by atoms with Crippen molar-refractivity contribution in [1.29, 1.82) is 0 Å². The highest BCUT2D eigenvalue weighted by Crippen LogP contribution is 2.34. The molecule has 64 valence electrons. The molecule has 0 atom stereocenters. The molecule has 0 fully saturated rings. The lowest BCUT2D eigenvalue weighted by atomic mass is 10.3. The van der Waals surface area contributed by atoms with E-state index in [-0.39, 0.29) is 15.7 Å². The van der Waals surface area contributed by atoms with Crippen molar-refractivity contribution in [2.75, 3.05) is 5.73 Å². The largest absolute Gasteiger partial charge is 0.399 e. The monoisotopic (exact) mass is 206 g/mol. The molecule has 1 aromatic rings. The summed E-state index contributed by atoms with van der Waals surface area (Å²) >= 11 is 11.0. The number of benzene rings is 1. The van der Waals surface area contributed by atoms with Gasteiger partial charge in [0.15, 0.2) is 0 Å². The van der Waals surface area contributed by atoms with Crippen LogP contribution in [0.4, 0.5) is 11.4 Å². The molecule has 0 aliphatic heterocycles. The minimum atomic E-state index is -0.649. The predicted molar refractivity (Wildman–Crippen MR) is 47.5 cm³/mol. The number of nitrogens with zero attached hydrogens (tertiary/aromatic N) is 1. The maximum atomic E-state index is 10.3. The summed E-state index contributed by atoms with van der Waals surface area (Å²) in [7, 11) is 0. The first-order chi connectivity index (χ1) is 5.52. The van der Waals surface area contributed by atoms with Gasteiger partial charge in [0.25, 0.3) is 0 Å².